The van der Waals surface area contributed by atoms with Crippen LogP contribution < -0.4 is 4.90 Å². The van der Waals surface area contributed by atoms with Gasteiger partial charge in [-0.15, -0.1) is 0 Å². The highest BCUT2D eigenvalue weighted by molar-refractivity contribution is 5.93. The van der Waals surface area contributed by atoms with E-state index in [4.69, 9.17) is 0 Å². The summed E-state index contributed by atoms with van der Waals surface area (Å²) < 4.78 is 0. The Morgan fingerprint density at radius 1 is 0.519 bits per heavy atom. The zero-order chi connectivity index (χ0) is 36.0. The first-order valence-electron chi connectivity index (χ1n) is 21.2. The van der Waals surface area contributed by atoms with E-state index in [2.05, 4.69) is 146 Å². The quantitative estimate of drug-likeness (QED) is 0.167. The molecule has 0 unspecified atom stereocenters. The topological polar surface area (TPSA) is 3.24 Å². The van der Waals surface area contributed by atoms with Crippen molar-refractivity contribution in [1.29, 1.82) is 0 Å². The van der Waals surface area contributed by atoms with E-state index in [0.29, 0.717) is 11.3 Å². The molecular formula is C53H53N. The van der Waals surface area contributed by atoms with E-state index in [1.165, 1.54) is 137 Å². The van der Waals surface area contributed by atoms with Gasteiger partial charge in [-0.2, -0.15) is 0 Å². The van der Waals surface area contributed by atoms with Gasteiger partial charge in [-0.1, -0.05) is 118 Å². The molecule has 12 rings (SSSR count). The lowest BCUT2D eigenvalue weighted by Crippen LogP contribution is -2.48. The van der Waals surface area contributed by atoms with Crippen molar-refractivity contribution in [2.75, 3.05) is 4.90 Å². The Kier molecular flexibility index (Phi) is 7.56. The Bertz CT molecular complexity index is 2340. The molecule has 4 bridgehead atoms. The van der Waals surface area contributed by atoms with Gasteiger partial charge in [0, 0.05) is 22.5 Å². The Balaban J connectivity index is 0.993. The van der Waals surface area contributed by atoms with Gasteiger partial charge in [0.1, 0.15) is 0 Å². The SMILES string of the molecule is CC1(C)c2cc(N(c3ccc(C4CCCCC4)cc3)c3ccc(C45CC6CC(CC(C6)C4)C5)cc3)ccc2-c2cccc(-c3ccc4ccccc4c3)c21. The molecule has 6 aromatic carbocycles. The second-order valence-corrected chi connectivity index (χ2v) is 18.7. The molecule has 0 aliphatic heterocycles. The molecule has 0 heterocycles. The van der Waals surface area contributed by atoms with Crippen molar-refractivity contribution < 1.29 is 0 Å². The van der Waals surface area contributed by atoms with Crippen LogP contribution in [0, 0.1) is 17.8 Å². The van der Waals surface area contributed by atoms with Crippen molar-refractivity contribution in [3.8, 4) is 22.3 Å². The van der Waals surface area contributed by atoms with Crippen LogP contribution in [0.1, 0.15) is 113 Å². The highest BCUT2D eigenvalue weighted by Crippen LogP contribution is 2.61. The van der Waals surface area contributed by atoms with E-state index >= 15 is 0 Å². The summed E-state index contributed by atoms with van der Waals surface area (Å²) >= 11 is 0. The van der Waals surface area contributed by atoms with Crippen LogP contribution in [0.25, 0.3) is 33.0 Å². The summed E-state index contributed by atoms with van der Waals surface area (Å²) in [6.45, 7) is 4.88. The van der Waals surface area contributed by atoms with Gasteiger partial charge in [-0.3, -0.25) is 0 Å². The van der Waals surface area contributed by atoms with Gasteiger partial charge in [0.25, 0.3) is 0 Å². The Morgan fingerprint density at radius 2 is 1.15 bits per heavy atom. The number of nitrogens with zero attached hydrogens (tertiary/aromatic N) is 1. The van der Waals surface area contributed by atoms with Crippen molar-refractivity contribution in [1.82, 2.24) is 0 Å². The van der Waals surface area contributed by atoms with E-state index in [-0.39, 0.29) is 5.41 Å². The van der Waals surface area contributed by atoms with Gasteiger partial charge in [-0.25, -0.2) is 0 Å². The monoisotopic (exact) mass is 703 g/mol. The van der Waals surface area contributed by atoms with Crippen molar-refractivity contribution in [2.45, 2.75) is 101 Å². The first-order chi connectivity index (χ1) is 26.4. The lowest BCUT2D eigenvalue weighted by atomic mass is 9.48. The summed E-state index contributed by atoms with van der Waals surface area (Å²) in [6.07, 6.45) is 15.5. The van der Waals surface area contributed by atoms with Crippen molar-refractivity contribution >= 4 is 27.8 Å². The molecule has 0 amide bonds. The lowest BCUT2D eigenvalue weighted by Gasteiger charge is -2.57. The molecule has 0 N–H and O–H groups in total. The van der Waals surface area contributed by atoms with Crippen LogP contribution in [0.5, 0.6) is 0 Å². The average Bonchev–Trinajstić information content (AvgIpc) is 3.44. The van der Waals surface area contributed by atoms with E-state index < -0.39 is 0 Å². The lowest BCUT2D eigenvalue weighted by molar-refractivity contribution is -0.00518. The third kappa shape index (κ3) is 5.25. The number of benzene rings is 6. The second kappa shape index (κ2) is 12.5. The second-order valence-electron chi connectivity index (χ2n) is 18.7. The van der Waals surface area contributed by atoms with E-state index in [9.17, 15) is 0 Å². The molecule has 6 aliphatic carbocycles. The van der Waals surface area contributed by atoms with Crippen molar-refractivity contribution in [3.05, 3.63) is 150 Å². The molecule has 0 radical (unpaired) electrons. The fourth-order valence-electron chi connectivity index (χ4n) is 12.8. The van der Waals surface area contributed by atoms with Gasteiger partial charge in [0.15, 0.2) is 0 Å². The van der Waals surface area contributed by atoms with Crippen LogP contribution in [0.15, 0.2) is 127 Å². The highest BCUT2D eigenvalue weighted by atomic mass is 15.1. The van der Waals surface area contributed by atoms with Crippen LogP contribution in [0.4, 0.5) is 17.1 Å². The molecule has 1 heteroatoms. The maximum atomic E-state index is 2.54. The Hall–Kier alpha value is -4.62. The van der Waals surface area contributed by atoms with Crippen LogP contribution in [0.2, 0.25) is 0 Å². The van der Waals surface area contributed by atoms with Gasteiger partial charge in [0.05, 0.1) is 0 Å². The zero-order valence-corrected chi connectivity index (χ0v) is 32.2. The van der Waals surface area contributed by atoms with Gasteiger partial charge in [-0.05, 0) is 178 Å². The van der Waals surface area contributed by atoms with Gasteiger partial charge >= 0.3 is 0 Å². The number of hydrogen-bond donors (Lipinski definition) is 0. The Morgan fingerprint density at radius 3 is 1.85 bits per heavy atom. The standard InChI is InChI=1S/C53H53N/c1-52(2)50-31-46(25-26-48(50)49-14-8-13-47(51(49)52)42-16-15-39-11-6-7-12-41(39)30-42)54(44-21-17-40(18-22-44)38-9-4-3-5-10-38)45-23-19-43(20-24-45)53-32-35-27-36(33-53)29-37(28-35)34-53/h6-8,11-26,30-31,35-38H,3-5,9-10,27-29,32-34H2,1-2H3. The number of anilines is 3. The summed E-state index contributed by atoms with van der Waals surface area (Å²) in [5.74, 6) is 3.57. The predicted molar refractivity (Wildman–Crippen MR) is 227 cm³/mol. The minimum absolute atomic E-state index is 0.151. The number of hydrogen-bond acceptors (Lipinski definition) is 1. The van der Waals surface area contributed by atoms with Crippen LogP contribution >= 0.6 is 0 Å². The van der Waals surface area contributed by atoms with Gasteiger partial charge in [0.2, 0.25) is 0 Å². The molecule has 6 aliphatic rings. The van der Waals surface area contributed by atoms with E-state index in [1.54, 1.807) is 5.56 Å². The third-order valence-corrected chi connectivity index (χ3v) is 15.0. The fourth-order valence-corrected chi connectivity index (χ4v) is 12.8. The van der Waals surface area contributed by atoms with Crippen LogP contribution in [0.3, 0.4) is 0 Å². The normalized spacial score (nSPS) is 25.1. The molecule has 54 heavy (non-hydrogen) atoms. The Labute approximate surface area is 322 Å². The minimum atomic E-state index is -0.151. The molecule has 0 saturated heterocycles. The van der Waals surface area contributed by atoms with Crippen LogP contribution in [-0.2, 0) is 10.8 Å². The molecule has 0 atom stereocenters. The van der Waals surface area contributed by atoms with E-state index in [1.807, 2.05) is 0 Å². The largest absolute Gasteiger partial charge is 0.310 e. The molecule has 5 fully saturated rings. The third-order valence-electron chi connectivity index (χ3n) is 15.0. The minimum Gasteiger partial charge on any atom is -0.310 e. The molecule has 1 nitrogen and oxygen atoms in total. The summed E-state index contributed by atoms with van der Waals surface area (Å²) in [6, 6.07) is 49.6. The molecule has 0 aromatic heterocycles. The first-order valence-corrected chi connectivity index (χ1v) is 21.2. The maximum Gasteiger partial charge on any atom is 0.0465 e. The zero-order valence-electron chi connectivity index (χ0n) is 32.2. The molecule has 0 spiro atoms. The van der Waals surface area contributed by atoms with Gasteiger partial charge < -0.3 is 4.90 Å². The van der Waals surface area contributed by atoms with E-state index in [0.717, 1.165) is 17.8 Å². The first kappa shape index (κ1) is 32.8. The summed E-state index contributed by atoms with van der Waals surface area (Å²) in [7, 11) is 0. The molecular weight excluding hydrogens is 651 g/mol. The molecule has 5 saturated carbocycles. The summed E-state index contributed by atoms with van der Waals surface area (Å²) in [5.41, 5.74) is 15.4. The summed E-state index contributed by atoms with van der Waals surface area (Å²) in [4.78, 5) is 2.54. The predicted octanol–water partition coefficient (Wildman–Crippen LogP) is 14.8. The smallest absolute Gasteiger partial charge is 0.0465 e. The highest BCUT2D eigenvalue weighted by Gasteiger charge is 2.51. The molecule has 270 valence electrons. The molecule has 6 aromatic rings. The number of fused-ring (bicyclic) bond motifs is 4. The fraction of sp³-hybridized carbons (Fsp3) is 0.358. The van der Waals surface area contributed by atoms with Crippen molar-refractivity contribution in [2.24, 2.45) is 17.8 Å². The maximum absolute atomic E-state index is 2.54. The number of rotatable bonds is 6. The van der Waals surface area contributed by atoms with Crippen LogP contribution in [-0.4, -0.2) is 0 Å². The average molecular weight is 704 g/mol. The van der Waals surface area contributed by atoms with Crippen molar-refractivity contribution in [3.63, 3.8) is 0 Å². The summed E-state index contributed by atoms with van der Waals surface area (Å²) in [5, 5.41) is 2.58.